The summed E-state index contributed by atoms with van der Waals surface area (Å²) in [5, 5.41) is 0. The predicted octanol–water partition coefficient (Wildman–Crippen LogP) is 3.12. The van der Waals surface area contributed by atoms with Crippen molar-refractivity contribution >= 4 is 12.1 Å². The zero-order valence-electron chi connectivity index (χ0n) is 11.4. The molecule has 0 saturated heterocycles. The van der Waals surface area contributed by atoms with Crippen molar-refractivity contribution in [1.82, 2.24) is 0 Å². The minimum Gasteiger partial charge on any atom is -0.466 e. The minimum absolute atomic E-state index is 0.333. The highest BCUT2D eigenvalue weighted by molar-refractivity contribution is 5.79. The third kappa shape index (κ3) is 4.07. The van der Waals surface area contributed by atoms with Gasteiger partial charge in [0.25, 0.3) is 0 Å². The van der Waals surface area contributed by atoms with Crippen molar-refractivity contribution < 1.29 is 23.8 Å². The highest BCUT2D eigenvalue weighted by Gasteiger charge is 2.26. The quantitative estimate of drug-likeness (QED) is 0.638. The second kappa shape index (κ2) is 7.09. The average molecular weight is 286 g/mol. The molecule has 0 aliphatic heterocycles. The van der Waals surface area contributed by atoms with E-state index in [2.05, 4.69) is 4.74 Å². The van der Waals surface area contributed by atoms with Crippen LogP contribution >= 0.6 is 0 Å². The standard InChI is InChI=1S/C16H14O5/c1-19-15(17)14(12-8-4-2-5-9-12)21-16(18)20-13-10-6-3-7-11-13/h2-11,14H,1H3. The van der Waals surface area contributed by atoms with Crippen LogP contribution in [-0.2, 0) is 14.3 Å². The molecule has 2 aromatic carbocycles. The Balaban J connectivity index is 2.09. The Bertz CT molecular complexity index is 595. The van der Waals surface area contributed by atoms with Crippen LogP contribution in [0.4, 0.5) is 4.79 Å². The molecule has 0 radical (unpaired) electrons. The van der Waals surface area contributed by atoms with Gasteiger partial charge in [-0.2, -0.15) is 0 Å². The molecule has 21 heavy (non-hydrogen) atoms. The molecule has 0 spiro atoms. The molecular formula is C16H14O5. The first-order chi connectivity index (χ1) is 10.2. The van der Waals surface area contributed by atoms with Crippen LogP contribution < -0.4 is 4.74 Å². The molecule has 0 aliphatic rings. The third-order valence-electron chi connectivity index (χ3n) is 2.68. The van der Waals surface area contributed by atoms with Gasteiger partial charge in [0.05, 0.1) is 7.11 Å². The van der Waals surface area contributed by atoms with Gasteiger partial charge in [-0.25, -0.2) is 9.59 Å². The smallest absolute Gasteiger partial charge is 0.466 e. The molecule has 2 aromatic rings. The minimum atomic E-state index is -1.16. The molecule has 108 valence electrons. The summed E-state index contributed by atoms with van der Waals surface area (Å²) in [7, 11) is 1.23. The van der Waals surface area contributed by atoms with E-state index >= 15 is 0 Å². The number of hydrogen-bond acceptors (Lipinski definition) is 5. The van der Waals surface area contributed by atoms with Crippen LogP contribution in [0, 0.1) is 0 Å². The molecule has 0 aliphatic carbocycles. The van der Waals surface area contributed by atoms with Crippen LogP contribution in [0.5, 0.6) is 5.75 Å². The summed E-state index contributed by atoms with van der Waals surface area (Å²) in [5.74, 6) is -0.342. The number of benzene rings is 2. The summed E-state index contributed by atoms with van der Waals surface area (Å²) in [5.41, 5.74) is 0.509. The van der Waals surface area contributed by atoms with E-state index in [9.17, 15) is 9.59 Å². The van der Waals surface area contributed by atoms with Crippen molar-refractivity contribution in [2.24, 2.45) is 0 Å². The lowest BCUT2D eigenvalue weighted by Gasteiger charge is -2.15. The van der Waals surface area contributed by atoms with E-state index in [1.807, 2.05) is 0 Å². The molecule has 0 aromatic heterocycles. The average Bonchev–Trinajstić information content (AvgIpc) is 2.53. The molecule has 5 nitrogen and oxygen atoms in total. The SMILES string of the molecule is COC(=O)C(OC(=O)Oc1ccccc1)c1ccccc1. The number of ether oxygens (including phenoxy) is 3. The second-order valence-electron chi connectivity index (χ2n) is 4.10. The van der Waals surface area contributed by atoms with Crippen LogP contribution in [0.25, 0.3) is 0 Å². The number of hydrogen-bond donors (Lipinski definition) is 0. The van der Waals surface area contributed by atoms with Gasteiger partial charge in [0.2, 0.25) is 6.10 Å². The summed E-state index contributed by atoms with van der Waals surface area (Å²) >= 11 is 0. The molecule has 0 amide bonds. The topological polar surface area (TPSA) is 61.8 Å². The molecule has 1 unspecified atom stereocenters. The van der Waals surface area contributed by atoms with Gasteiger partial charge in [-0.15, -0.1) is 0 Å². The number of rotatable bonds is 4. The largest absolute Gasteiger partial charge is 0.515 e. The fourth-order valence-electron chi connectivity index (χ4n) is 1.69. The predicted molar refractivity (Wildman–Crippen MR) is 74.8 cm³/mol. The Morgan fingerprint density at radius 1 is 0.905 bits per heavy atom. The first-order valence-electron chi connectivity index (χ1n) is 6.27. The van der Waals surface area contributed by atoms with E-state index in [1.54, 1.807) is 60.7 Å². The first-order valence-corrected chi connectivity index (χ1v) is 6.27. The lowest BCUT2D eigenvalue weighted by Crippen LogP contribution is -2.23. The molecular weight excluding hydrogens is 272 g/mol. The Labute approximate surface area is 122 Å². The van der Waals surface area contributed by atoms with Crippen LogP contribution in [0.3, 0.4) is 0 Å². The number of carbonyl (C=O) groups excluding carboxylic acids is 2. The van der Waals surface area contributed by atoms with Gasteiger partial charge in [0, 0.05) is 5.56 Å². The van der Waals surface area contributed by atoms with Crippen molar-refractivity contribution in [2.45, 2.75) is 6.10 Å². The van der Waals surface area contributed by atoms with Crippen LogP contribution in [-0.4, -0.2) is 19.2 Å². The van der Waals surface area contributed by atoms with E-state index in [1.165, 1.54) is 7.11 Å². The van der Waals surface area contributed by atoms with E-state index < -0.39 is 18.2 Å². The fraction of sp³-hybridized carbons (Fsp3) is 0.125. The zero-order valence-corrected chi connectivity index (χ0v) is 11.4. The van der Waals surface area contributed by atoms with Crippen molar-refractivity contribution in [3.05, 3.63) is 66.2 Å². The van der Waals surface area contributed by atoms with Gasteiger partial charge in [0.15, 0.2) is 0 Å². The Morgan fingerprint density at radius 2 is 1.48 bits per heavy atom. The van der Waals surface area contributed by atoms with Crippen molar-refractivity contribution in [3.8, 4) is 5.75 Å². The Kier molecular flexibility index (Phi) is 4.93. The fourth-order valence-corrected chi connectivity index (χ4v) is 1.69. The molecule has 0 heterocycles. The highest BCUT2D eigenvalue weighted by atomic mass is 16.7. The number of para-hydroxylation sites is 1. The van der Waals surface area contributed by atoms with Gasteiger partial charge in [-0.1, -0.05) is 48.5 Å². The molecule has 0 N–H and O–H groups in total. The maximum Gasteiger partial charge on any atom is 0.515 e. The highest BCUT2D eigenvalue weighted by Crippen LogP contribution is 2.20. The number of carbonyl (C=O) groups is 2. The molecule has 5 heteroatoms. The van der Waals surface area contributed by atoms with E-state index in [4.69, 9.17) is 9.47 Å². The summed E-state index contributed by atoms with van der Waals surface area (Å²) in [6, 6.07) is 17.0. The summed E-state index contributed by atoms with van der Waals surface area (Å²) in [6.07, 6.45) is -2.13. The lowest BCUT2D eigenvalue weighted by atomic mass is 10.1. The van der Waals surface area contributed by atoms with Gasteiger partial charge < -0.3 is 14.2 Å². The van der Waals surface area contributed by atoms with Gasteiger partial charge in [-0.3, -0.25) is 0 Å². The van der Waals surface area contributed by atoms with Gasteiger partial charge in [0.1, 0.15) is 5.75 Å². The first kappa shape index (κ1) is 14.6. The summed E-state index contributed by atoms with van der Waals surface area (Å²) in [6.45, 7) is 0. The third-order valence-corrected chi connectivity index (χ3v) is 2.68. The van der Waals surface area contributed by atoms with E-state index in [0.29, 0.717) is 11.3 Å². The maximum atomic E-state index is 11.8. The molecule has 0 bridgehead atoms. The Hall–Kier alpha value is -2.82. The van der Waals surface area contributed by atoms with Crippen LogP contribution in [0.1, 0.15) is 11.7 Å². The molecule has 0 saturated carbocycles. The lowest BCUT2D eigenvalue weighted by molar-refractivity contribution is -0.151. The van der Waals surface area contributed by atoms with Crippen molar-refractivity contribution in [3.63, 3.8) is 0 Å². The normalized spacial score (nSPS) is 11.3. The molecule has 2 rings (SSSR count). The molecule has 1 atom stereocenters. The van der Waals surface area contributed by atoms with Crippen LogP contribution in [0.2, 0.25) is 0 Å². The zero-order chi connectivity index (χ0) is 15.1. The van der Waals surface area contributed by atoms with E-state index in [0.717, 1.165) is 0 Å². The van der Waals surface area contributed by atoms with Crippen molar-refractivity contribution in [1.29, 1.82) is 0 Å². The number of esters is 1. The second-order valence-corrected chi connectivity index (χ2v) is 4.10. The van der Waals surface area contributed by atoms with Crippen molar-refractivity contribution in [2.75, 3.05) is 7.11 Å². The van der Waals surface area contributed by atoms with E-state index in [-0.39, 0.29) is 0 Å². The Morgan fingerprint density at radius 3 is 2.05 bits per heavy atom. The summed E-state index contributed by atoms with van der Waals surface area (Å²) in [4.78, 5) is 23.5. The molecule has 0 fully saturated rings. The summed E-state index contributed by atoms with van der Waals surface area (Å²) < 4.78 is 14.7. The monoisotopic (exact) mass is 286 g/mol. The van der Waals surface area contributed by atoms with Crippen LogP contribution in [0.15, 0.2) is 60.7 Å². The number of methoxy groups -OCH3 is 1. The maximum absolute atomic E-state index is 11.8. The van der Waals surface area contributed by atoms with Gasteiger partial charge in [-0.05, 0) is 12.1 Å². The van der Waals surface area contributed by atoms with Gasteiger partial charge >= 0.3 is 12.1 Å².